The molecule has 2 aromatic rings. The van der Waals surface area contributed by atoms with Crippen molar-refractivity contribution in [2.45, 2.75) is 25.8 Å². The van der Waals surface area contributed by atoms with E-state index in [0.29, 0.717) is 11.4 Å². The second-order valence-corrected chi connectivity index (χ2v) is 4.85. The monoisotopic (exact) mass is 244 g/mol. The van der Waals surface area contributed by atoms with Gasteiger partial charge in [-0.25, -0.2) is 4.68 Å². The summed E-state index contributed by atoms with van der Waals surface area (Å²) in [5, 5.41) is 11.8. The zero-order valence-corrected chi connectivity index (χ0v) is 10.1. The molecule has 0 bridgehead atoms. The molecule has 6 nitrogen and oxygen atoms in total. The summed E-state index contributed by atoms with van der Waals surface area (Å²) in [6, 6.07) is 5.41. The highest BCUT2D eigenvalue weighted by Gasteiger charge is 2.21. The Balaban J connectivity index is 1.87. The van der Waals surface area contributed by atoms with Crippen LogP contribution < -0.4 is 11.5 Å². The average Bonchev–Trinajstić information content (AvgIpc) is 3.02. The lowest BCUT2D eigenvalue weighted by Crippen LogP contribution is -2.04. The quantitative estimate of drug-likeness (QED) is 0.790. The van der Waals surface area contributed by atoms with Gasteiger partial charge in [-0.05, 0) is 41.0 Å². The van der Waals surface area contributed by atoms with Gasteiger partial charge in [0.25, 0.3) is 0 Å². The van der Waals surface area contributed by atoms with Crippen LogP contribution in [-0.2, 0) is 6.54 Å². The maximum atomic E-state index is 5.79. The Labute approximate surface area is 105 Å². The lowest BCUT2D eigenvalue weighted by molar-refractivity contribution is 0.535. The van der Waals surface area contributed by atoms with E-state index in [9.17, 15) is 0 Å². The van der Waals surface area contributed by atoms with Crippen molar-refractivity contribution in [3.63, 3.8) is 0 Å². The van der Waals surface area contributed by atoms with E-state index in [2.05, 4.69) is 15.5 Å². The number of benzene rings is 1. The second kappa shape index (κ2) is 4.29. The summed E-state index contributed by atoms with van der Waals surface area (Å²) in [4.78, 5) is 0. The molecular formula is C12H16N6. The Morgan fingerprint density at radius 1 is 1.17 bits per heavy atom. The fourth-order valence-corrected chi connectivity index (χ4v) is 2.08. The smallest absolute Gasteiger partial charge is 0.182 e. The van der Waals surface area contributed by atoms with Crippen LogP contribution in [0.4, 0.5) is 11.4 Å². The van der Waals surface area contributed by atoms with Gasteiger partial charge in [0, 0.05) is 23.5 Å². The molecule has 1 aliphatic rings. The van der Waals surface area contributed by atoms with E-state index in [0.717, 1.165) is 30.3 Å². The number of rotatable bonds is 4. The van der Waals surface area contributed by atoms with Crippen molar-refractivity contribution in [2.24, 2.45) is 5.92 Å². The van der Waals surface area contributed by atoms with E-state index in [-0.39, 0.29) is 0 Å². The normalized spacial score (nSPS) is 14.9. The van der Waals surface area contributed by atoms with Gasteiger partial charge in [0.15, 0.2) is 5.82 Å². The molecule has 0 atom stereocenters. The largest absolute Gasteiger partial charge is 0.399 e. The van der Waals surface area contributed by atoms with Crippen molar-refractivity contribution in [1.82, 2.24) is 20.2 Å². The van der Waals surface area contributed by atoms with Crippen LogP contribution in [0.2, 0.25) is 0 Å². The van der Waals surface area contributed by atoms with Gasteiger partial charge in [-0.1, -0.05) is 12.8 Å². The van der Waals surface area contributed by atoms with E-state index < -0.39 is 0 Å². The summed E-state index contributed by atoms with van der Waals surface area (Å²) in [6.07, 6.45) is 3.81. The van der Waals surface area contributed by atoms with E-state index in [1.807, 2.05) is 16.8 Å². The van der Waals surface area contributed by atoms with E-state index in [1.54, 1.807) is 6.07 Å². The van der Waals surface area contributed by atoms with E-state index in [4.69, 9.17) is 11.5 Å². The number of nitrogens with zero attached hydrogens (tertiary/aromatic N) is 4. The number of hydrogen-bond donors (Lipinski definition) is 2. The van der Waals surface area contributed by atoms with Gasteiger partial charge >= 0.3 is 0 Å². The number of hydrogen-bond acceptors (Lipinski definition) is 5. The maximum absolute atomic E-state index is 5.79. The number of anilines is 2. The molecule has 0 amide bonds. The Bertz CT molecular complexity index is 537. The third-order valence-corrected chi connectivity index (χ3v) is 3.21. The summed E-state index contributed by atoms with van der Waals surface area (Å²) >= 11 is 0. The highest BCUT2D eigenvalue weighted by molar-refractivity contribution is 5.67. The number of aryl methyl sites for hydroxylation is 1. The molecule has 6 heteroatoms. The molecule has 0 radical (unpaired) electrons. The molecule has 18 heavy (non-hydrogen) atoms. The highest BCUT2D eigenvalue weighted by Crippen LogP contribution is 2.33. The SMILES string of the molecule is Nc1cc(N)cc(-c2nnnn2CCC2CC2)c1. The zero-order chi connectivity index (χ0) is 12.5. The predicted octanol–water partition coefficient (Wildman–Crippen LogP) is 1.30. The average molecular weight is 244 g/mol. The van der Waals surface area contributed by atoms with Gasteiger partial charge in [-0.3, -0.25) is 0 Å². The van der Waals surface area contributed by atoms with E-state index >= 15 is 0 Å². The second-order valence-electron chi connectivity index (χ2n) is 4.85. The molecule has 1 fully saturated rings. The van der Waals surface area contributed by atoms with Crippen LogP contribution in [0.5, 0.6) is 0 Å². The Hall–Kier alpha value is -2.11. The summed E-state index contributed by atoms with van der Waals surface area (Å²) in [5.74, 6) is 1.59. The first-order valence-electron chi connectivity index (χ1n) is 6.15. The number of nitrogen functional groups attached to an aromatic ring is 2. The van der Waals surface area contributed by atoms with Gasteiger partial charge in [0.05, 0.1) is 0 Å². The molecule has 0 aliphatic heterocycles. The minimum absolute atomic E-state index is 0.627. The molecule has 1 aliphatic carbocycles. The summed E-state index contributed by atoms with van der Waals surface area (Å²) in [6.45, 7) is 0.849. The van der Waals surface area contributed by atoms with Crippen LogP contribution in [0.3, 0.4) is 0 Å². The van der Waals surface area contributed by atoms with Crippen molar-refractivity contribution in [2.75, 3.05) is 11.5 Å². The summed E-state index contributed by atoms with van der Waals surface area (Å²) < 4.78 is 1.83. The van der Waals surface area contributed by atoms with Crippen LogP contribution in [0.1, 0.15) is 19.3 Å². The minimum atomic E-state index is 0.627. The van der Waals surface area contributed by atoms with Crippen LogP contribution in [0.15, 0.2) is 18.2 Å². The third kappa shape index (κ3) is 2.27. The fraction of sp³-hybridized carbons (Fsp3) is 0.417. The first-order valence-corrected chi connectivity index (χ1v) is 6.15. The molecule has 0 saturated heterocycles. The van der Waals surface area contributed by atoms with Gasteiger partial charge in [-0.2, -0.15) is 0 Å². The standard InChI is InChI=1S/C12H16N6/c13-10-5-9(6-11(14)7-10)12-15-16-17-18(12)4-3-8-1-2-8/h5-8H,1-4,13-14H2. The topological polar surface area (TPSA) is 95.6 Å². The van der Waals surface area contributed by atoms with Gasteiger partial charge in [0.2, 0.25) is 0 Å². The molecule has 4 N–H and O–H groups in total. The molecule has 3 rings (SSSR count). The van der Waals surface area contributed by atoms with Crippen LogP contribution in [-0.4, -0.2) is 20.2 Å². The van der Waals surface area contributed by atoms with Crippen LogP contribution in [0, 0.1) is 5.92 Å². The molecule has 1 heterocycles. The lowest BCUT2D eigenvalue weighted by Gasteiger charge is -2.06. The van der Waals surface area contributed by atoms with Gasteiger partial charge in [-0.15, -0.1) is 5.10 Å². The molecule has 1 aromatic carbocycles. The van der Waals surface area contributed by atoms with Crippen molar-refractivity contribution in [3.05, 3.63) is 18.2 Å². The zero-order valence-electron chi connectivity index (χ0n) is 10.1. The first-order chi connectivity index (χ1) is 8.72. The Morgan fingerprint density at radius 2 is 1.89 bits per heavy atom. The number of aromatic nitrogens is 4. The van der Waals surface area contributed by atoms with Gasteiger partial charge < -0.3 is 11.5 Å². The van der Waals surface area contributed by atoms with Crippen molar-refractivity contribution in [3.8, 4) is 11.4 Å². The van der Waals surface area contributed by atoms with Crippen molar-refractivity contribution >= 4 is 11.4 Å². The first kappa shape index (κ1) is 11.0. The predicted molar refractivity (Wildman–Crippen MR) is 69.4 cm³/mol. The number of nitrogens with two attached hydrogens (primary N) is 2. The third-order valence-electron chi connectivity index (χ3n) is 3.21. The Morgan fingerprint density at radius 3 is 2.56 bits per heavy atom. The van der Waals surface area contributed by atoms with Crippen molar-refractivity contribution in [1.29, 1.82) is 0 Å². The maximum Gasteiger partial charge on any atom is 0.182 e. The lowest BCUT2D eigenvalue weighted by atomic mass is 10.1. The molecular weight excluding hydrogens is 228 g/mol. The number of tetrazole rings is 1. The summed E-state index contributed by atoms with van der Waals surface area (Å²) in [5.41, 5.74) is 13.7. The van der Waals surface area contributed by atoms with Crippen molar-refractivity contribution < 1.29 is 0 Å². The fourth-order valence-electron chi connectivity index (χ4n) is 2.08. The molecule has 1 saturated carbocycles. The highest BCUT2D eigenvalue weighted by atomic mass is 15.5. The minimum Gasteiger partial charge on any atom is -0.399 e. The Kier molecular flexibility index (Phi) is 2.62. The van der Waals surface area contributed by atoms with E-state index in [1.165, 1.54) is 12.8 Å². The molecule has 94 valence electrons. The molecule has 0 spiro atoms. The molecule has 0 unspecified atom stereocenters. The molecule has 1 aromatic heterocycles. The van der Waals surface area contributed by atoms with Gasteiger partial charge in [0.1, 0.15) is 0 Å². The van der Waals surface area contributed by atoms with Crippen LogP contribution in [0.25, 0.3) is 11.4 Å². The summed E-state index contributed by atoms with van der Waals surface area (Å²) in [7, 11) is 0. The van der Waals surface area contributed by atoms with Crippen LogP contribution >= 0.6 is 0 Å².